The first-order valence-corrected chi connectivity index (χ1v) is 7.57. The second kappa shape index (κ2) is 6.67. The van der Waals surface area contributed by atoms with Crippen LogP contribution in [0.4, 0.5) is 0 Å². The molecule has 3 rings (SSSR count). The van der Waals surface area contributed by atoms with E-state index >= 15 is 0 Å². The molecule has 0 atom stereocenters. The van der Waals surface area contributed by atoms with E-state index in [4.69, 9.17) is 16.0 Å². The molecule has 0 spiro atoms. The summed E-state index contributed by atoms with van der Waals surface area (Å²) in [6, 6.07) is 16.8. The molecule has 5 heteroatoms. The van der Waals surface area contributed by atoms with E-state index in [2.05, 4.69) is 10.3 Å². The summed E-state index contributed by atoms with van der Waals surface area (Å²) in [5.74, 6) is 0.639. The Hall–Kier alpha value is -2.59. The SMILES string of the molecule is Cc1oc(-c2ccc(Cl)cc2)nc1C(=O)NCc1ccccc1. The van der Waals surface area contributed by atoms with Gasteiger partial charge in [0, 0.05) is 17.1 Å². The average molecular weight is 327 g/mol. The molecule has 1 heterocycles. The fourth-order valence-electron chi connectivity index (χ4n) is 2.18. The molecular formula is C18H15ClN2O2. The molecule has 0 unspecified atom stereocenters. The van der Waals surface area contributed by atoms with Gasteiger partial charge in [-0.1, -0.05) is 41.9 Å². The first-order valence-electron chi connectivity index (χ1n) is 7.19. The highest BCUT2D eigenvalue weighted by atomic mass is 35.5. The van der Waals surface area contributed by atoms with Crippen LogP contribution in [0.2, 0.25) is 5.02 Å². The van der Waals surface area contributed by atoms with Crippen molar-refractivity contribution >= 4 is 17.5 Å². The first-order chi connectivity index (χ1) is 11.1. The Kier molecular flexibility index (Phi) is 4.44. The maximum atomic E-state index is 12.3. The molecule has 4 nitrogen and oxygen atoms in total. The third kappa shape index (κ3) is 3.60. The summed E-state index contributed by atoms with van der Waals surface area (Å²) in [5.41, 5.74) is 2.10. The van der Waals surface area contributed by atoms with Crippen LogP contribution >= 0.6 is 11.6 Å². The molecule has 3 aromatic rings. The Morgan fingerprint density at radius 1 is 1.13 bits per heavy atom. The number of halogens is 1. The van der Waals surface area contributed by atoms with E-state index < -0.39 is 0 Å². The number of benzene rings is 2. The number of amides is 1. The van der Waals surface area contributed by atoms with E-state index in [1.165, 1.54) is 0 Å². The molecule has 0 saturated carbocycles. The Labute approximate surface area is 139 Å². The minimum atomic E-state index is -0.254. The van der Waals surface area contributed by atoms with Crippen LogP contribution in [0, 0.1) is 6.92 Å². The number of carbonyl (C=O) groups is 1. The lowest BCUT2D eigenvalue weighted by molar-refractivity contribution is 0.0945. The van der Waals surface area contributed by atoms with E-state index in [-0.39, 0.29) is 5.91 Å². The number of rotatable bonds is 4. The summed E-state index contributed by atoms with van der Waals surface area (Å²) in [6.45, 7) is 2.17. The van der Waals surface area contributed by atoms with Gasteiger partial charge in [0.15, 0.2) is 5.69 Å². The maximum Gasteiger partial charge on any atom is 0.273 e. The van der Waals surface area contributed by atoms with Crippen LogP contribution in [0.3, 0.4) is 0 Å². The molecule has 23 heavy (non-hydrogen) atoms. The van der Waals surface area contributed by atoms with Gasteiger partial charge in [0.05, 0.1) is 0 Å². The molecule has 0 saturated heterocycles. The Balaban J connectivity index is 1.75. The van der Waals surface area contributed by atoms with Crippen LogP contribution in [0.1, 0.15) is 21.8 Å². The van der Waals surface area contributed by atoms with Crippen molar-refractivity contribution in [2.45, 2.75) is 13.5 Å². The largest absolute Gasteiger partial charge is 0.441 e. The first kappa shape index (κ1) is 15.3. The molecule has 0 fully saturated rings. The quantitative estimate of drug-likeness (QED) is 0.780. The van der Waals surface area contributed by atoms with Gasteiger partial charge in [0.2, 0.25) is 5.89 Å². The third-order valence-electron chi connectivity index (χ3n) is 3.40. The number of carbonyl (C=O) groups excluding carboxylic acids is 1. The Morgan fingerprint density at radius 3 is 2.52 bits per heavy atom. The molecule has 1 N–H and O–H groups in total. The van der Waals surface area contributed by atoms with Gasteiger partial charge in [-0.05, 0) is 36.8 Å². The van der Waals surface area contributed by atoms with Crippen LogP contribution in [0.5, 0.6) is 0 Å². The van der Waals surface area contributed by atoms with Gasteiger partial charge in [0.25, 0.3) is 5.91 Å². The van der Waals surface area contributed by atoms with Crippen molar-refractivity contribution in [1.29, 1.82) is 0 Å². The van der Waals surface area contributed by atoms with Gasteiger partial charge in [-0.25, -0.2) is 4.98 Å². The number of aryl methyl sites for hydroxylation is 1. The molecule has 0 aliphatic rings. The fourth-order valence-corrected chi connectivity index (χ4v) is 2.31. The molecule has 1 aromatic heterocycles. The van der Waals surface area contributed by atoms with Gasteiger partial charge in [0.1, 0.15) is 5.76 Å². The summed E-state index contributed by atoms with van der Waals surface area (Å²) in [4.78, 5) is 16.6. The highest BCUT2D eigenvalue weighted by Crippen LogP contribution is 2.23. The van der Waals surface area contributed by atoms with Gasteiger partial charge in [-0.15, -0.1) is 0 Å². The summed E-state index contributed by atoms with van der Waals surface area (Å²) in [5, 5.41) is 3.48. The van der Waals surface area contributed by atoms with Crippen molar-refractivity contribution in [2.75, 3.05) is 0 Å². The number of hydrogen-bond donors (Lipinski definition) is 1. The van der Waals surface area contributed by atoms with Crippen molar-refractivity contribution in [2.24, 2.45) is 0 Å². The van der Waals surface area contributed by atoms with Crippen molar-refractivity contribution in [1.82, 2.24) is 10.3 Å². The van der Waals surface area contributed by atoms with Crippen LogP contribution in [-0.2, 0) is 6.54 Å². The molecule has 116 valence electrons. The van der Waals surface area contributed by atoms with Gasteiger partial charge < -0.3 is 9.73 Å². The zero-order valence-electron chi connectivity index (χ0n) is 12.5. The highest BCUT2D eigenvalue weighted by molar-refractivity contribution is 6.30. The number of aromatic nitrogens is 1. The minimum absolute atomic E-state index is 0.254. The molecule has 2 aromatic carbocycles. The van der Waals surface area contributed by atoms with E-state index in [0.717, 1.165) is 11.1 Å². The molecule has 0 aliphatic carbocycles. The molecule has 1 amide bonds. The lowest BCUT2D eigenvalue weighted by atomic mass is 10.2. The second-order valence-electron chi connectivity index (χ2n) is 5.10. The zero-order chi connectivity index (χ0) is 16.2. The number of hydrogen-bond acceptors (Lipinski definition) is 3. The topological polar surface area (TPSA) is 55.1 Å². The monoisotopic (exact) mass is 326 g/mol. The second-order valence-corrected chi connectivity index (χ2v) is 5.54. The summed E-state index contributed by atoms with van der Waals surface area (Å²) >= 11 is 5.87. The molecule has 0 bridgehead atoms. The fraction of sp³-hybridized carbons (Fsp3) is 0.111. The smallest absolute Gasteiger partial charge is 0.273 e. The number of nitrogens with zero attached hydrogens (tertiary/aromatic N) is 1. The average Bonchev–Trinajstić information content (AvgIpc) is 2.96. The zero-order valence-corrected chi connectivity index (χ0v) is 13.3. The third-order valence-corrected chi connectivity index (χ3v) is 3.65. The lowest BCUT2D eigenvalue weighted by Gasteiger charge is -2.03. The standard InChI is InChI=1S/C18H15ClN2O2/c1-12-16(17(22)20-11-13-5-3-2-4-6-13)21-18(23-12)14-7-9-15(19)10-8-14/h2-10H,11H2,1H3,(H,20,22). The predicted octanol–water partition coefficient (Wildman–Crippen LogP) is 4.23. The number of nitrogens with one attached hydrogen (secondary N) is 1. The van der Waals surface area contributed by atoms with E-state index in [9.17, 15) is 4.79 Å². The van der Waals surface area contributed by atoms with Crippen molar-refractivity contribution in [3.05, 3.63) is 76.6 Å². The van der Waals surface area contributed by atoms with Crippen molar-refractivity contribution < 1.29 is 9.21 Å². The molecule has 0 aliphatic heterocycles. The molecule has 0 radical (unpaired) electrons. The number of oxazole rings is 1. The predicted molar refractivity (Wildman–Crippen MR) is 89.3 cm³/mol. The molecular weight excluding hydrogens is 312 g/mol. The lowest BCUT2D eigenvalue weighted by Crippen LogP contribution is -2.23. The van der Waals surface area contributed by atoms with Gasteiger partial charge in [-0.2, -0.15) is 0 Å². The summed E-state index contributed by atoms with van der Waals surface area (Å²) in [7, 11) is 0. The normalized spacial score (nSPS) is 10.5. The maximum absolute atomic E-state index is 12.3. The van der Waals surface area contributed by atoms with E-state index in [1.807, 2.05) is 30.3 Å². The van der Waals surface area contributed by atoms with Crippen molar-refractivity contribution in [3.8, 4) is 11.5 Å². The van der Waals surface area contributed by atoms with E-state index in [1.54, 1.807) is 31.2 Å². The van der Waals surface area contributed by atoms with Crippen LogP contribution in [0.15, 0.2) is 59.0 Å². The highest BCUT2D eigenvalue weighted by Gasteiger charge is 2.17. The van der Waals surface area contributed by atoms with Gasteiger partial charge >= 0.3 is 0 Å². The Morgan fingerprint density at radius 2 is 1.83 bits per heavy atom. The van der Waals surface area contributed by atoms with Crippen LogP contribution in [-0.4, -0.2) is 10.9 Å². The Bertz CT molecular complexity index is 811. The van der Waals surface area contributed by atoms with Crippen LogP contribution in [0.25, 0.3) is 11.5 Å². The van der Waals surface area contributed by atoms with E-state index in [0.29, 0.717) is 28.9 Å². The summed E-state index contributed by atoms with van der Waals surface area (Å²) < 4.78 is 5.60. The van der Waals surface area contributed by atoms with Gasteiger partial charge in [-0.3, -0.25) is 4.79 Å². The van der Waals surface area contributed by atoms with Crippen LogP contribution < -0.4 is 5.32 Å². The summed E-state index contributed by atoms with van der Waals surface area (Å²) in [6.07, 6.45) is 0. The minimum Gasteiger partial charge on any atom is -0.441 e. The van der Waals surface area contributed by atoms with Crippen molar-refractivity contribution in [3.63, 3.8) is 0 Å².